The van der Waals surface area contributed by atoms with Crippen LogP contribution in [0.25, 0.3) is 0 Å². The van der Waals surface area contributed by atoms with Crippen LogP contribution in [0.15, 0.2) is 48.5 Å². The number of hydrogen-bond acceptors (Lipinski definition) is 3. The van der Waals surface area contributed by atoms with Gasteiger partial charge >= 0.3 is 0 Å². The zero-order chi connectivity index (χ0) is 23.7. The Bertz CT molecular complexity index is 1020. The molecule has 2 unspecified atom stereocenters. The molecule has 1 N–H and O–H groups in total. The average Bonchev–Trinajstić information content (AvgIpc) is 3.67. The summed E-state index contributed by atoms with van der Waals surface area (Å²) < 4.78 is 0. The Morgan fingerprint density at radius 2 is 1.50 bits per heavy atom. The topological polar surface area (TPSA) is 52.7 Å². The van der Waals surface area contributed by atoms with Crippen molar-refractivity contribution in [3.63, 3.8) is 0 Å². The first-order valence-electron chi connectivity index (χ1n) is 13.0. The van der Waals surface area contributed by atoms with Crippen molar-refractivity contribution >= 4 is 23.2 Å². The molecular weight excluding hydrogens is 422 g/mol. The third kappa shape index (κ3) is 4.98. The Kier molecular flexibility index (Phi) is 6.62. The monoisotopic (exact) mass is 459 g/mol. The number of nitrogens with one attached hydrogen (secondary N) is 1. The fraction of sp³-hybridized carbons (Fsp3) is 0.517. The fourth-order valence-corrected chi connectivity index (χ4v) is 5.48. The lowest BCUT2D eigenvalue weighted by molar-refractivity contribution is -0.117. The van der Waals surface area contributed by atoms with Crippen LogP contribution in [-0.2, 0) is 4.79 Å². The molecule has 3 aliphatic rings. The summed E-state index contributed by atoms with van der Waals surface area (Å²) in [6.07, 6.45) is 5.30. The summed E-state index contributed by atoms with van der Waals surface area (Å²) in [5, 5.41) is 3.12. The van der Waals surface area contributed by atoms with E-state index in [1.165, 1.54) is 5.56 Å². The van der Waals surface area contributed by atoms with Gasteiger partial charge in [0.2, 0.25) is 5.91 Å². The summed E-state index contributed by atoms with van der Waals surface area (Å²) in [6, 6.07) is 16.2. The fourth-order valence-electron chi connectivity index (χ4n) is 5.48. The lowest BCUT2D eigenvalue weighted by Gasteiger charge is -2.35. The van der Waals surface area contributed by atoms with E-state index in [0.29, 0.717) is 11.8 Å². The van der Waals surface area contributed by atoms with Crippen LogP contribution in [0.3, 0.4) is 0 Å². The maximum absolute atomic E-state index is 13.6. The SMILES string of the molecule is CC1CCN(C(=O)c2cc(NC(=O)C3CC3c3ccccc3)ccc2N2CCC(C)CC2)CC1. The highest BCUT2D eigenvalue weighted by Gasteiger charge is 2.43. The van der Waals surface area contributed by atoms with Gasteiger partial charge in [0.25, 0.3) is 5.91 Å². The van der Waals surface area contributed by atoms with Crippen LogP contribution in [0.5, 0.6) is 0 Å². The molecule has 1 aliphatic carbocycles. The van der Waals surface area contributed by atoms with E-state index >= 15 is 0 Å². The zero-order valence-corrected chi connectivity index (χ0v) is 20.5. The molecule has 180 valence electrons. The number of benzene rings is 2. The third-order valence-electron chi connectivity index (χ3n) is 8.04. The van der Waals surface area contributed by atoms with E-state index in [9.17, 15) is 9.59 Å². The summed E-state index contributed by atoms with van der Waals surface area (Å²) in [5.74, 6) is 1.87. The highest BCUT2D eigenvalue weighted by Crippen LogP contribution is 2.48. The van der Waals surface area contributed by atoms with Crippen LogP contribution < -0.4 is 10.2 Å². The maximum Gasteiger partial charge on any atom is 0.256 e. The highest BCUT2D eigenvalue weighted by molar-refractivity contribution is 6.02. The second kappa shape index (κ2) is 9.81. The number of likely N-dealkylation sites (tertiary alicyclic amines) is 1. The number of anilines is 2. The Morgan fingerprint density at radius 3 is 2.18 bits per heavy atom. The van der Waals surface area contributed by atoms with Crippen molar-refractivity contribution in [3.8, 4) is 0 Å². The second-order valence-corrected chi connectivity index (χ2v) is 10.7. The van der Waals surface area contributed by atoms with Crippen LogP contribution in [0.1, 0.15) is 67.8 Å². The predicted octanol–water partition coefficient (Wildman–Crippen LogP) is 5.54. The molecule has 0 radical (unpaired) electrons. The van der Waals surface area contributed by atoms with Gasteiger partial charge in [-0.2, -0.15) is 0 Å². The molecule has 5 nitrogen and oxygen atoms in total. The first-order valence-corrected chi connectivity index (χ1v) is 13.0. The van der Waals surface area contributed by atoms with Gasteiger partial charge in [0.15, 0.2) is 0 Å². The van der Waals surface area contributed by atoms with Crippen LogP contribution in [0, 0.1) is 17.8 Å². The van der Waals surface area contributed by atoms with E-state index in [0.717, 1.165) is 81.1 Å². The van der Waals surface area contributed by atoms with Gasteiger partial charge in [0.1, 0.15) is 0 Å². The molecule has 0 spiro atoms. The Hall–Kier alpha value is -2.82. The molecule has 2 atom stereocenters. The van der Waals surface area contributed by atoms with E-state index in [4.69, 9.17) is 0 Å². The minimum Gasteiger partial charge on any atom is -0.371 e. The molecule has 2 saturated heterocycles. The summed E-state index contributed by atoms with van der Waals surface area (Å²) in [4.78, 5) is 31.0. The van der Waals surface area contributed by atoms with Gasteiger partial charge < -0.3 is 15.1 Å². The zero-order valence-electron chi connectivity index (χ0n) is 20.5. The number of nitrogens with zero attached hydrogens (tertiary/aromatic N) is 2. The highest BCUT2D eigenvalue weighted by atomic mass is 16.2. The molecule has 34 heavy (non-hydrogen) atoms. The van der Waals surface area contributed by atoms with Crippen molar-refractivity contribution in [1.29, 1.82) is 0 Å². The third-order valence-corrected chi connectivity index (χ3v) is 8.04. The molecule has 2 aromatic rings. The molecule has 0 aromatic heterocycles. The molecule has 0 bridgehead atoms. The number of carbonyl (C=O) groups is 2. The van der Waals surface area contributed by atoms with Gasteiger partial charge in [-0.3, -0.25) is 9.59 Å². The first kappa shape index (κ1) is 22.9. The van der Waals surface area contributed by atoms with E-state index in [-0.39, 0.29) is 17.7 Å². The van der Waals surface area contributed by atoms with Crippen molar-refractivity contribution in [2.24, 2.45) is 17.8 Å². The molecule has 5 rings (SSSR count). The standard InChI is InChI=1S/C29H37N3O2/c1-20-10-14-31(15-11-20)27-9-8-23(18-26(27)29(34)32-16-12-21(2)13-17-32)30-28(33)25-19-24(25)22-6-4-3-5-7-22/h3-9,18,20-21,24-25H,10-17,19H2,1-2H3,(H,30,33). The van der Waals surface area contributed by atoms with Crippen molar-refractivity contribution in [2.75, 3.05) is 36.4 Å². The molecule has 2 heterocycles. The number of piperidine rings is 2. The number of carbonyl (C=O) groups excluding carboxylic acids is 2. The Morgan fingerprint density at radius 1 is 0.853 bits per heavy atom. The summed E-state index contributed by atoms with van der Waals surface area (Å²) in [6.45, 7) is 8.15. The molecular formula is C29H37N3O2. The van der Waals surface area contributed by atoms with Gasteiger partial charge in [0, 0.05) is 43.5 Å². The molecule has 5 heteroatoms. The number of rotatable bonds is 5. The van der Waals surface area contributed by atoms with Crippen LogP contribution in [-0.4, -0.2) is 42.9 Å². The van der Waals surface area contributed by atoms with Crippen molar-refractivity contribution in [1.82, 2.24) is 4.90 Å². The summed E-state index contributed by atoms with van der Waals surface area (Å²) >= 11 is 0. The van der Waals surface area contributed by atoms with Gasteiger partial charge in [-0.15, -0.1) is 0 Å². The lowest BCUT2D eigenvalue weighted by atomic mass is 9.96. The minimum absolute atomic E-state index is 0.00777. The minimum atomic E-state index is 0.00777. The molecule has 1 saturated carbocycles. The molecule has 3 fully saturated rings. The largest absolute Gasteiger partial charge is 0.371 e. The normalized spacial score (nSPS) is 23.6. The quantitative estimate of drug-likeness (QED) is 0.639. The van der Waals surface area contributed by atoms with Crippen LogP contribution in [0.2, 0.25) is 0 Å². The van der Waals surface area contributed by atoms with Gasteiger partial charge in [-0.1, -0.05) is 44.2 Å². The molecule has 2 aliphatic heterocycles. The van der Waals surface area contributed by atoms with E-state index in [2.05, 4.69) is 36.2 Å². The van der Waals surface area contributed by atoms with Crippen molar-refractivity contribution < 1.29 is 9.59 Å². The average molecular weight is 460 g/mol. The Labute approximate surface area is 203 Å². The van der Waals surface area contributed by atoms with E-state index in [1.54, 1.807) is 0 Å². The second-order valence-electron chi connectivity index (χ2n) is 10.7. The predicted molar refractivity (Wildman–Crippen MR) is 137 cm³/mol. The number of amides is 2. The molecule has 2 amide bonds. The van der Waals surface area contributed by atoms with Crippen LogP contribution >= 0.6 is 0 Å². The van der Waals surface area contributed by atoms with Gasteiger partial charge in [-0.05, 0) is 73.6 Å². The molecule has 2 aromatic carbocycles. The smallest absolute Gasteiger partial charge is 0.256 e. The summed E-state index contributed by atoms with van der Waals surface area (Å²) in [7, 11) is 0. The van der Waals surface area contributed by atoms with Gasteiger partial charge in [-0.25, -0.2) is 0 Å². The van der Waals surface area contributed by atoms with Crippen molar-refractivity contribution in [3.05, 3.63) is 59.7 Å². The maximum atomic E-state index is 13.6. The van der Waals surface area contributed by atoms with Crippen molar-refractivity contribution in [2.45, 2.75) is 51.9 Å². The number of hydrogen-bond donors (Lipinski definition) is 1. The van der Waals surface area contributed by atoms with E-state index < -0.39 is 0 Å². The first-order chi connectivity index (χ1) is 16.5. The van der Waals surface area contributed by atoms with Crippen LogP contribution in [0.4, 0.5) is 11.4 Å². The van der Waals surface area contributed by atoms with Gasteiger partial charge in [0.05, 0.1) is 5.56 Å². The Balaban J connectivity index is 1.34. The van der Waals surface area contributed by atoms with E-state index in [1.807, 2.05) is 41.3 Å². The lowest BCUT2D eigenvalue weighted by Crippen LogP contribution is -2.40. The summed E-state index contributed by atoms with van der Waals surface area (Å²) in [5.41, 5.74) is 3.71.